The Kier molecular flexibility index (Phi) is 5.81. The van der Waals surface area contributed by atoms with E-state index in [1.807, 2.05) is 13.8 Å². The summed E-state index contributed by atoms with van der Waals surface area (Å²) >= 11 is 0. The molecule has 1 atom stereocenters. The smallest absolute Gasteiger partial charge is 0.271 e. The third-order valence-electron chi connectivity index (χ3n) is 4.79. The predicted molar refractivity (Wildman–Crippen MR) is 108 cm³/mol. The number of methoxy groups -OCH3 is 1. The highest BCUT2D eigenvalue weighted by Crippen LogP contribution is 2.31. The molecule has 1 aliphatic rings. The van der Waals surface area contributed by atoms with E-state index in [-0.39, 0.29) is 40.6 Å². The van der Waals surface area contributed by atoms with Gasteiger partial charge in [0.2, 0.25) is 5.91 Å². The minimum absolute atomic E-state index is 0.00272. The van der Waals surface area contributed by atoms with Crippen LogP contribution in [0, 0.1) is 16.0 Å². The molecule has 2 aromatic rings. The molecule has 0 fully saturated rings. The summed E-state index contributed by atoms with van der Waals surface area (Å²) in [5, 5.41) is 13.7. The van der Waals surface area contributed by atoms with Gasteiger partial charge in [-0.3, -0.25) is 29.4 Å². The number of nitro groups is 1. The number of amides is 3. The third kappa shape index (κ3) is 3.86. The van der Waals surface area contributed by atoms with Gasteiger partial charge in [-0.15, -0.1) is 0 Å². The number of nitro benzene ring substituents is 1. The highest BCUT2D eigenvalue weighted by molar-refractivity contribution is 6.23. The van der Waals surface area contributed by atoms with Crippen molar-refractivity contribution in [3.8, 4) is 5.75 Å². The largest absolute Gasteiger partial charge is 0.495 e. The second-order valence-corrected chi connectivity index (χ2v) is 7.30. The molecule has 1 N–H and O–H groups in total. The minimum atomic E-state index is -1.08. The number of benzene rings is 2. The minimum Gasteiger partial charge on any atom is -0.495 e. The number of ether oxygens (including phenoxy) is 1. The molecule has 0 bridgehead atoms. The Labute approximate surface area is 172 Å². The summed E-state index contributed by atoms with van der Waals surface area (Å²) in [6.45, 7) is 3.73. The second kappa shape index (κ2) is 8.32. The lowest BCUT2D eigenvalue weighted by Crippen LogP contribution is -2.48. The molecule has 9 nitrogen and oxygen atoms in total. The van der Waals surface area contributed by atoms with Crippen LogP contribution in [-0.4, -0.2) is 40.7 Å². The van der Waals surface area contributed by atoms with E-state index in [4.69, 9.17) is 4.74 Å². The summed E-state index contributed by atoms with van der Waals surface area (Å²) in [7, 11) is 1.37. The summed E-state index contributed by atoms with van der Waals surface area (Å²) in [5.41, 5.74) is 0.350. The van der Waals surface area contributed by atoms with Crippen molar-refractivity contribution in [3.05, 3.63) is 63.7 Å². The van der Waals surface area contributed by atoms with E-state index >= 15 is 0 Å². The molecule has 3 rings (SSSR count). The normalized spacial score (nSPS) is 13.9. The SMILES string of the molecule is COc1ccc([N+](=O)[O-])cc1NC(=O)[C@H](CC(C)C)N1C(=O)c2ccccc2C1=O. The summed E-state index contributed by atoms with van der Waals surface area (Å²) in [5.74, 6) is -1.49. The van der Waals surface area contributed by atoms with Crippen LogP contribution < -0.4 is 10.1 Å². The van der Waals surface area contributed by atoms with Crippen LogP contribution >= 0.6 is 0 Å². The number of carbonyl (C=O) groups is 3. The van der Waals surface area contributed by atoms with Crippen molar-refractivity contribution in [2.24, 2.45) is 5.92 Å². The number of rotatable bonds is 7. The number of non-ortho nitro benzene ring substituents is 1. The zero-order valence-corrected chi connectivity index (χ0v) is 16.7. The van der Waals surface area contributed by atoms with Crippen molar-refractivity contribution >= 4 is 29.1 Å². The predicted octanol–water partition coefficient (Wildman–Crippen LogP) is 3.25. The van der Waals surface area contributed by atoms with Crippen molar-refractivity contribution in [2.45, 2.75) is 26.3 Å². The molecule has 0 aromatic heterocycles. The fraction of sp³-hybridized carbons (Fsp3) is 0.286. The Morgan fingerprint density at radius 2 is 1.73 bits per heavy atom. The maximum atomic E-state index is 13.1. The van der Waals surface area contributed by atoms with E-state index < -0.39 is 28.7 Å². The lowest BCUT2D eigenvalue weighted by atomic mass is 10.0. The third-order valence-corrected chi connectivity index (χ3v) is 4.79. The maximum absolute atomic E-state index is 13.1. The molecule has 30 heavy (non-hydrogen) atoms. The fourth-order valence-electron chi connectivity index (χ4n) is 3.39. The number of nitrogens with one attached hydrogen (secondary N) is 1. The Morgan fingerprint density at radius 3 is 2.23 bits per heavy atom. The van der Waals surface area contributed by atoms with Gasteiger partial charge in [-0.25, -0.2) is 0 Å². The van der Waals surface area contributed by atoms with Gasteiger partial charge in [-0.05, 0) is 30.5 Å². The monoisotopic (exact) mass is 411 g/mol. The second-order valence-electron chi connectivity index (χ2n) is 7.30. The van der Waals surface area contributed by atoms with E-state index in [0.29, 0.717) is 0 Å². The lowest BCUT2D eigenvalue weighted by Gasteiger charge is -2.27. The van der Waals surface area contributed by atoms with Crippen molar-refractivity contribution in [2.75, 3.05) is 12.4 Å². The zero-order chi connectivity index (χ0) is 22.0. The van der Waals surface area contributed by atoms with Gasteiger partial charge in [0.15, 0.2) is 0 Å². The number of nitrogens with zero attached hydrogens (tertiary/aromatic N) is 2. The molecular weight excluding hydrogens is 390 g/mol. The Bertz CT molecular complexity index is 998. The lowest BCUT2D eigenvalue weighted by molar-refractivity contribution is -0.384. The number of hydrogen-bond donors (Lipinski definition) is 1. The van der Waals surface area contributed by atoms with Gasteiger partial charge in [0.1, 0.15) is 11.8 Å². The standard InChI is InChI=1S/C21H21N3O6/c1-12(2)10-17(23-20(26)14-6-4-5-7-15(14)21(23)27)19(25)22-16-11-13(24(28)29)8-9-18(16)30-3/h4-9,11-12,17H,10H2,1-3H3,(H,22,25)/t17-/m0/s1. The first-order valence-corrected chi connectivity index (χ1v) is 9.34. The number of imide groups is 1. The number of carbonyl (C=O) groups excluding carboxylic acids is 3. The molecular formula is C21H21N3O6. The van der Waals surface area contributed by atoms with Crippen molar-refractivity contribution in [1.82, 2.24) is 4.90 Å². The van der Waals surface area contributed by atoms with Gasteiger partial charge in [0, 0.05) is 12.1 Å². The number of fused-ring (bicyclic) bond motifs is 1. The van der Waals surface area contributed by atoms with Gasteiger partial charge in [-0.1, -0.05) is 26.0 Å². The molecule has 0 unspecified atom stereocenters. The van der Waals surface area contributed by atoms with Crippen LogP contribution in [0.25, 0.3) is 0 Å². The molecule has 9 heteroatoms. The van der Waals surface area contributed by atoms with Gasteiger partial charge in [0.25, 0.3) is 17.5 Å². The molecule has 156 valence electrons. The van der Waals surface area contributed by atoms with Crippen molar-refractivity contribution in [1.29, 1.82) is 0 Å². The molecule has 0 saturated heterocycles. The van der Waals surface area contributed by atoms with Gasteiger partial charge >= 0.3 is 0 Å². The first-order valence-electron chi connectivity index (χ1n) is 9.34. The molecule has 0 aliphatic carbocycles. The summed E-state index contributed by atoms with van der Waals surface area (Å²) in [6.07, 6.45) is 0.231. The van der Waals surface area contributed by atoms with Gasteiger partial charge in [-0.2, -0.15) is 0 Å². The Balaban J connectivity index is 1.95. The first-order chi connectivity index (χ1) is 14.2. The van der Waals surface area contributed by atoms with Crippen LogP contribution in [-0.2, 0) is 4.79 Å². The van der Waals surface area contributed by atoms with Gasteiger partial charge < -0.3 is 10.1 Å². The highest BCUT2D eigenvalue weighted by Gasteiger charge is 2.42. The van der Waals surface area contributed by atoms with E-state index in [1.54, 1.807) is 24.3 Å². The molecule has 1 aliphatic heterocycles. The average molecular weight is 411 g/mol. The molecule has 0 spiro atoms. The van der Waals surface area contributed by atoms with Crippen LogP contribution in [0.15, 0.2) is 42.5 Å². The molecule has 0 saturated carbocycles. The average Bonchev–Trinajstić information content (AvgIpc) is 2.96. The van der Waals surface area contributed by atoms with Crippen LogP contribution in [0.4, 0.5) is 11.4 Å². The first kappa shape index (κ1) is 21.0. The zero-order valence-electron chi connectivity index (χ0n) is 16.7. The maximum Gasteiger partial charge on any atom is 0.271 e. The van der Waals surface area contributed by atoms with Crippen molar-refractivity contribution in [3.63, 3.8) is 0 Å². The number of hydrogen-bond acceptors (Lipinski definition) is 6. The topological polar surface area (TPSA) is 119 Å². The van der Waals surface area contributed by atoms with E-state index in [0.717, 1.165) is 4.90 Å². The Hall–Kier alpha value is -3.75. The van der Waals surface area contributed by atoms with E-state index in [2.05, 4.69) is 5.32 Å². The van der Waals surface area contributed by atoms with Crippen LogP contribution in [0.1, 0.15) is 41.0 Å². The molecule has 0 radical (unpaired) electrons. The summed E-state index contributed by atoms with van der Waals surface area (Å²) < 4.78 is 5.18. The highest BCUT2D eigenvalue weighted by atomic mass is 16.6. The van der Waals surface area contributed by atoms with Crippen molar-refractivity contribution < 1.29 is 24.0 Å². The van der Waals surface area contributed by atoms with Crippen LogP contribution in [0.2, 0.25) is 0 Å². The van der Waals surface area contributed by atoms with Crippen LogP contribution in [0.5, 0.6) is 5.75 Å². The molecule has 3 amide bonds. The molecule has 1 heterocycles. The fourth-order valence-corrected chi connectivity index (χ4v) is 3.39. The number of anilines is 1. The molecule has 2 aromatic carbocycles. The van der Waals surface area contributed by atoms with Gasteiger partial charge in [0.05, 0.1) is 28.8 Å². The quantitative estimate of drug-likeness (QED) is 0.424. The summed E-state index contributed by atoms with van der Waals surface area (Å²) in [6, 6.07) is 9.11. The summed E-state index contributed by atoms with van der Waals surface area (Å²) in [4.78, 5) is 50.3. The van der Waals surface area contributed by atoms with E-state index in [9.17, 15) is 24.5 Å². The van der Waals surface area contributed by atoms with E-state index in [1.165, 1.54) is 25.3 Å². The Morgan fingerprint density at radius 1 is 1.13 bits per heavy atom. The van der Waals surface area contributed by atoms with Crippen LogP contribution in [0.3, 0.4) is 0 Å².